The Hall–Kier alpha value is -4.21. The lowest BCUT2D eigenvalue weighted by molar-refractivity contribution is -0.107. The predicted octanol–water partition coefficient (Wildman–Crippen LogP) is 10.5. The Bertz CT molecular complexity index is 1920. The summed E-state index contributed by atoms with van der Waals surface area (Å²) in [6.07, 6.45) is 0. The number of hydrogen-bond donors (Lipinski definition) is 1. The highest BCUT2D eigenvalue weighted by atomic mass is 32.2. The SMILES string of the molecule is O=C1SC(=S)N/C1=C(\c1ccccc1)c1cc2sc(/N=N/c3ccc(C(c4ccccc4)c4ccccc4)cc3)cc2s1. The van der Waals surface area contributed by atoms with Gasteiger partial charge < -0.3 is 5.32 Å². The largest absolute Gasteiger partial charge is 0.337 e. The second-order valence-electron chi connectivity index (χ2n) is 9.89. The summed E-state index contributed by atoms with van der Waals surface area (Å²) in [5.41, 5.74) is 6.90. The van der Waals surface area contributed by atoms with Gasteiger partial charge in [-0.1, -0.05) is 115 Å². The molecule has 0 amide bonds. The Morgan fingerprint density at radius 1 is 0.674 bits per heavy atom. The molecule has 7 rings (SSSR count). The van der Waals surface area contributed by atoms with Gasteiger partial charge in [-0.2, -0.15) is 0 Å². The topological polar surface area (TPSA) is 53.8 Å². The fourth-order valence-corrected chi connectivity index (χ4v) is 8.39. The van der Waals surface area contributed by atoms with E-state index in [0.717, 1.165) is 47.9 Å². The standard InChI is InChI=1S/C35H23N3OS4/c39-34-33(36-35(40)43-34)32(24-14-8-3-9-15-24)29-20-27-28(41-29)21-30(42-27)38-37-26-18-16-25(17-19-26)31(22-10-4-1-5-11-22)23-12-6-2-7-13-23/h1-21,31H,(H,36,40)/b33-32+,38-37+. The van der Waals surface area contributed by atoms with Crippen LogP contribution in [0.2, 0.25) is 0 Å². The first-order valence-corrected chi connectivity index (χ1v) is 16.5. The number of nitrogens with zero attached hydrogens (tertiary/aromatic N) is 2. The number of fused-ring (bicyclic) bond motifs is 1. The number of nitrogens with one attached hydrogen (secondary N) is 1. The number of carbonyl (C=O) groups excluding carboxylic acids is 1. The van der Waals surface area contributed by atoms with Crippen molar-refractivity contribution < 1.29 is 4.79 Å². The molecule has 6 aromatic rings. The molecule has 3 heterocycles. The van der Waals surface area contributed by atoms with E-state index >= 15 is 0 Å². The molecule has 0 spiro atoms. The fourth-order valence-electron chi connectivity index (χ4n) is 5.20. The molecule has 1 saturated heterocycles. The average molecular weight is 630 g/mol. The van der Waals surface area contributed by atoms with E-state index in [9.17, 15) is 4.79 Å². The van der Waals surface area contributed by atoms with Gasteiger partial charge in [0.15, 0.2) is 0 Å². The zero-order valence-corrected chi connectivity index (χ0v) is 25.9. The van der Waals surface area contributed by atoms with Crippen molar-refractivity contribution in [1.29, 1.82) is 0 Å². The molecule has 2 aromatic heterocycles. The van der Waals surface area contributed by atoms with E-state index < -0.39 is 0 Å². The van der Waals surface area contributed by atoms with Crippen LogP contribution in [0, 0.1) is 0 Å². The third-order valence-corrected chi connectivity index (χ3v) is 10.3. The van der Waals surface area contributed by atoms with Crippen molar-refractivity contribution in [2.45, 2.75) is 5.92 Å². The van der Waals surface area contributed by atoms with Gasteiger partial charge in [0.25, 0.3) is 0 Å². The van der Waals surface area contributed by atoms with E-state index in [1.54, 1.807) is 22.7 Å². The first-order valence-electron chi connectivity index (χ1n) is 13.6. The fraction of sp³-hybridized carbons (Fsp3) is 0.0286. The maximum absolute atomic E-state index is 12.7. The molecule has 0 radical (unpaired) electrons. The van der Waals surface area contributed by atoms with Gasteiger partial charge in [-0.15, -0.1) is 32.9 Å². The summed E-state index contributed by atoms with van der Waals surface area (Å²) in [5, 5.41) is 13.0. The van der Waals surface area contributed by atoms with Crippen LogP contribution < -0.4 is 5.32 Å². The number of thioether (sulfide) groups is 1. The number of carbonyl (C=O) groups is 1. The van der Waals surface area contributed by atoms with Gasteiger partial charge in [0.05, 0.1) is 5.69 Å². The number of azo groups is 1. The Balaban J connectivity index is 1.15. The minimum atomic E-state index is -0.0556. The summed E-state index contributed by atoms with van der Waals surface area (Å²) < 4.78 is 2.69. The van der Waals surface area contributed by atoms with E-state index in [1.165, 1.54) is 16.7 Å². The van der Waals surface area contributed by atoms with E-state index in [-0.39, 0.29) is 11.0 Å². The first-order chi connectivity index (χ1) is 21.1. The van der Waals surface area contributed by atoms with Gasteiger partial charge in [0, 0.05) is 25.8 Å². The van der Waals surface area contributed by atoms with Crippen molar-refractivity contribution in [3.05, 3.63) is 160 Å². The van der Waals surface area contributed by atoms with Crippen molar-refractivity contribution >= 4 is 81.8 Å². The van der Waals surface area contributed by atoms with Crippen LogP contribution in [-0.4, -0.2) is 9.44 Å². The van der Waals surface area contributed by atoms with Gasteiger partial charge in [0.1, 0.15) is 15.0 Å². The second-order valence-corrected chi connectivity index (χ2v) is 13.7. The Morgan fingerprint density at radius 2 is 1.26 bits per heavy atom. The van der Waals surface area contributed by atoms with Crippen molar-refractivity contribution in [3.8, 4) is 0 Å². The van der Waals surface area contributed by atoms with Crippen molar-refractivity contribution in [1.82, 2.24) is 5.32 Å². The van der Waals surface area contributed by atoms with Gasteiger partial charge in [0.2, 0.25) is 5.12 Å². The van der Waals surface area contributed by atoms with Crippen LogP contribution in [0.3, 0.4) is 0 Å². The smallest absolute Gasteiger partial charge is 0.243 e. The van der Waals surface area contributed by atoms with Gasteiger partial charge >= 0.3 is 0 Å². The average Bonchev–Trinajstić information content (AvgIpc) is 3.71. The van der Waals surface area contributed by atoms with Crippen LogP contribution in [0.4, 0.5) is 10.7 Å². The van der Waals surface area contributed by atoms with Crippen molar-refractivity contribution in [2.24, 2.45) is 10.2 Å². The number of benzene rings is 4. The number of thiocarbonyl (C=S) groups is 1. The van der Waals surface area contributed by atoms with Crippen LogP contribution in [0.5, 0.6) is 0 Å². The molecule has 1 N–H and O–H groups in total. The van der Waals surface area contributed by atoms with Crippen LogP contribution in [0.25, 0.3) is 15.0 Å². The summed E-state index contributed by atoms with van der Waals surface area (Å²) in [6.45, 7) is 0. The van der Waals surface area contributed by atoms with E-state index in [4.69, 9.17) is 12.2 Å². The first kappa shape index (κ1) is 27.6. The lowest BCUT2D eigenvalue weighted by Gasteiger charge is -2.19. The molecule has 0 bridgehead atoms. The molecule has 0 saturated carbocycles. The highest BCUT2D eigenvalue weighted by Gasteiger charge is 2.28. The zero-order chi connectivity index (χ0) is 29.2. The molecule has 0 aliphatic carbocycles. The molecular weight excluding hydrogens is 607 g/mol. The van der Waals surface area contributed by atoms with Gasteiger partial charge in [-0.25, -0.2) is 0 Å². The lowest BCUT2D eigenvalue weighted by atomic mass is 9.85. The van der Waals surface area contributed by atoms with Gasteiger partial charge in [-0.3, -0.25) is 4.79 Å². The monoisotopic (exact) mass is 629 g/mol. The summed E-state index contributed by atoms with van der Waals surface area (Å²) in [5.74, 6) is 0.145. The highest BCUT2D eigenvalue weighted by molar-refractivity contribution is 8.33. The third-order valence-electron chi connectivity index (χ3n) is 7.13. The summed E-state index contributed by atoms with van der Waals surface area (Å²) in [7, 11) is 0. The molecule has 4 aromatic carbocycles. The van der Waals surface area contributed by atoms with Crippen molar-refractivity contribution in [3.63, 3.8) is 0 Å². The molecule has 43 heavy (non-hydrogen) atoms. The number of thiophene rings is 2. The summed E-state index contributed by atoms with van der Waals surface area (Å²) in [4.78, 5) is 13.8. The minimum Gasteiger partial charge on any atom is -0.337 e. The maximum atomic E-state index is 12.7. The molecule has 8 heteroatoms. The molecule has 1 fully saturated rings. The minimum absolute atomic E-state index is 0.0556. The Kier molecular flexibility index (Phi) is 7.82. The lowest BCUT2D eigenvalue weighted by Crippen LogP contribution is -2.13. The number of hydrogen-bond acceptors (Lipinski definition) is 7. The van der Waals surface area contributed by atoms with Crippen LogP contribution >= 0.6 is 46.7 Å². The van der Waals surface area contributed by atoms with Crippen LogP contribution in [-0.2, 0) is 4.79 Å². The maximum Gasteiger partial charge on any atom is 0.243 e. The Morgan fingerprint density at radius 3 is 1.84 bits per heavy atom. The molecule has 0 unspecified atom stereocenters. The molecule has 1 aliphatic heterocycles. The molecule has 4 nitrogen and oxygen atoms in total. The molecular formula is C35H23N3OS4. The summed E-state index contributed by atoms with van der Waals surface area (Å²) in [6, 6.07) is 43.6. The van der Waals surface area contributed by atoms with E-state index in [1.807, 2.05) is 54.6 Å². The van der Waals surface area contributed by atoms with Gasteiger partial charge in [-0.05, 0) is 58.3 Å². The third kappa shape index (κ3) is 5.87. The quantitative estimate of drug-likeness (QED) is 0.0826. The van der Waals surface area contributed by atoms with Crippen LogP contribution in [0.15, 0.2) is 143 Å². The normalized spacial score (nSPS) is 14.6. The number of rotatable bonds is 7. The Labute approximate surface area is 266 Å². The van der Waals surface area contributed by atoms with E-state index in [2.05, 4.69) is 88.3 Å². The van der Waals surface area contributed by atoms with E-state index in [0.29, 0.717) is 10.0 Å². The molecule has 1 aliphatic rings. The molecule has 208 valence electrons. The molecule has 0 atom stereocenters. The zero-order valence-electron chi connectivity index (χ0n) is 22.6. The predicted molar refractivity (Wildman–Crippen MR) is 185 cm³/mol. The second kappa shape index (κ2) is 12.2. The van der Waals surface area contributed by atoms with Crippen LogP contribution in [0.1, 0.15) is 33.0 Å². The van der Waals surface area contributed by atoms with Crippen molar-refractivity contribution in [2.75, 3.05) is 0 Å². The highest BCUT2D eigenvalue weighted by Crippen LogP contribution is 2.43. The summed E-state index contributed by atoms with van der Waals surface area (Å²) >= 11 is 9.56.